The Morgan fingerprint density at radius 2 is 1.41 bits per heavy atom. The van der Waals surface area contributed by atoms with Crippen LogP contribution in [0.4, 0.5) is 5.69 Å². The fraction of sp³-hybridized carbons (Fsp3) is 0.235. The van der Waals surface area contributed by atoms with Crippen molar-refractivity contribution in [3.05, 3.63) is 130 Å². The Hall–Kier alpha value is -3.85. The van der Waals surface area contributed by atoms with Crippen LogP contribution in [0.2, 0.25) is 10.0 Å². The molecule has 0 radical (unpaired) electrons. The van der Waals surface area contributed by atoms with Crippen molar-refractivity contribution in [1.29, 1.82) is 0 Å². The van der Waals surface area contributed by atoms with Crippen LogP contribution in [0.1, 0.15) is 30.0 Å². The monoisotopic (exact) mass is 651 g/mol. The maximum atomic E-state index is 14.4. The first kappa shape index (κ1) is 33.1. The van der Waals surface area contributed by atoms with E-state index in [0.717, 1.165) is 15.4 Å². The van der Waals surface area contributed by atoms with Gasteiger partial charge in [-0.3, -0.25) is 13.9 Å². The summed E-state index contributed by atoms with van der Waals surface area (Å²) >= 11 is 13.1. The van der Waals surface area contributed by atoms with Crippen LogP contribution in [-0.4, -0.2) is 44.3 Å². The lowest BCUT2D eigenvalue weighted by molar-refractivity contribution is -0.140. The van der Waals surface area contributed by atoms with Crippen molar-refractivity contribution in [2.24, 2.45) is 0 Å². The highest BCUT2D eigenvalue weighted by atomic mass is 35.5. The summed E-state index contributed by atoms with van der Waals surface area (Å²) in [6.45, 7) is 3.54. The number of carbonyl (C=O) groups excluding carboxylic acids is 2. The van der Waals surface area contributed by atoms with Gasteiger partial charge in [-0.2, -0.15) is 0 Å². The summed E-state index contributed by atoms with van der Waals surface area (Å²) in [6.07, 6.45) is 0.894. The average Bonchev–Trinajstić information content (AvgIpc) is 3.02. The summed E-state index contributed by atoms with van der Waals surface area (Å²) in [4.78, 5) is 29.6. The van der Waals surface area contributed by atoms with Gasteiger partial charge in [0.2, 0.25) is 11.8 Å². The molecular formula is C34H35Cl2N3O4S. The second kappa shape index (κ2) is 15.2. The van der Waals surface area contributed by atoms with Gasteiger partial charge in [0.05, 0.1) is 10.6 Å². The number of hydrogen-bond donors (Lipinski definition) is 1. The van der Waals surface area contributed by atoms with Gasteiger partial charge in [0.25, 0.3) is 10.0 Å². The zero-order valence-corrected chi connectivity index (χ0v) is 26.9. The molecule has 4 aromatic carbocycles. The zero-order chi connectivity index (χ0) is 31.7. The highest BCUT2D eigenvalue weighted by Crippen LogP contribution is 2.29. The minimum atomic E-state index is -4.17. The highest BCUT2D eigenvalue weighted by Gasteiger charge is 2.35. The molecule has 0 spiro atoms. The van der Waals surface area contributed by atoms with Crippen molar-refractivity contribution < 1.29 is 18.0 Å². The lowest BCUT2D eigenvalue weighted by Crippen LogP contribution is -2.53. The first-order valence-corrected chi connectivity index (χ1v) is 16.5. The maximum Gasteiger partial charge on any atom is 0.264 e. The minimum Gasteiger partial charge on any atom is -0.354 e. The van der Waals surface area contributed by atoms with E-state index in [-0.39, 0.29) is 23.8 Å². The Labute approximate surface area is 269 Å². The van der Waals surface area contributed by atoms with Gasteiger partial charge in [0, 0.05) is 35.1 Å². The van der Waals surface area contributed by atoms with Gasteiger partial charge in [-0.1, -0.05) is 102 Å². The average molecular weight is 653 g/mol. The third-order valence-corrected chi connectivity index (χ3v) is 9.64. The number of anilines is 1. The topological polar surface area (TPSA) is 86.8 Å². The standard InChI is InChI=1S/C34H35Cl2N3O4S/c1-3-21-37-34(41)32(22-26-11-6-4-7-12-26)38(23-29-30(35)15-10-16-31(29)36)33(40)24-39(27-13-8-5-9-14-27)44(42,43)28-19-17-25(2)18-20-28/h4-20,32H,3,21-24H2,1-2H3,(H,37,41). The molecule has 1 unspecified atom stereocenters. The molecule has 0 fully saturated rings. The summed E-state index contributed by atoms with van der Waals surface area (Å²) in [6, 6.07) is 28.3. The minimum absolute atomic E-state index is 0.0435. The van der Waals surface area contributed by atoms with E-state index in [1.165, 1.54) is 17.0 Å². The Kier molecular flexibility index (Phi) is 11.4. The Balaban J connectivity index is 1.81. The molecular weight excluding hydrogens is 617 g/mol. The van der Waals surface area contributed by atoms with E-state index in [1.807, 2.05) is 44.2 Å². The maximum absolute atomic E-state index is 14.4. The van der Waals surface area contributed by atoms with Crippen LogP contribution in [0.15, 0.2) is 108 Å². The quantitative estimate of drug-likeness (QED) is 0.175. The third kappa shape index (κ3) is 8.20. The number of rotatable bonds is 13. The van der Waals surface area contributed by atoms with E-state index >= 15 is 0 Å². The predicted molar refractivity (Wildman–Crippen MR) is 176 cm³/mol. The zero-order valence-electron chi connectivity index (χ0n) is 24.6. The van der Waals surface area contributed by atoms with Gasteiger partial charge in [0.15, 0.2) is 0 Å². The molecule has 10 heteroatoms. The number of sulfonamides is 1. The number of amides is 2. The van der Waals surface area contributed by atoms with E-state index in [2.05, 4.69) is 5.32 Å². The highest BCUT2D eigenvalue weighted by molar-refractivity contribution is 7.92. The molecule has 0 aromatic heterocycles. The molecule has 4 rings (SSSR count). The van der Waals surface area contributed by atoms with Crippen molar-refractivity contribution in [2.45, 2.75) is 44.2 Å². The predicted octanol–water partition coefficient (Wildman–Crippen LogP) is 6.66. The van der Waals surface area contributed by atoms with E-state index in [0.29, 0.717) is 34.3 Å². The molecule has 0 saturated heterocycles. The summed E-state index contributed by atoms with van der Waals surface area (Å²) in [7, 11) is -4.17. The second-order valence-electron chi connectivity index (χ2n) is 10.4. The smallest absolute Gasteiger partial charge is 0.264 e. The normalized spacial score (nSPS) is 11.9. The Morgan fingerprint density at radius 3 is 2.00 bits per heavy atom. The fourth-order valence-corrected chi connectivity index (χ4v) is 6.67. The van der Waals surface area contributed by atoms with Crippen molar-refractivity contribution in [3.8, 4) is 0 Å². The van der Waals surface area contributed by atoms with Crippen molar-refractivity contribution in [2.75, 3.05) is 17.4 Å². The van der Waals surface area contributed by atoms with E-state index in [4.69, 9.17) is 23.2 Å². The summed E-state index contributed by atoms with van der Waals surface area (Å²) in [5.41, 5.74) is 2.50. The first-order chi connectivity index (χ1) is 21.1. The van der Waals surface area contributed by atoms with Gasteiger partial charge < -0.3 is 10.2 Å². The number of carbonyl (C=O) groups is 2. The summed E-state index contributed by atoms with van der Waals surface area (Å²) in [5, 5.41) is 3.58. The van der Waals surface area contributed by atoms with Gasteiger partial charge >= 0.3 is 0 Å². The van der Waals surface area contributed by atoms with Crippen molar-refractivity contribution in [3.63, 3.8) is 0 Å². The number of halogens is 2. The molecule has 44 heavy (non-hydrogen) atoms. The lowest BCUT2D eigenvalue weighted by atomic mass is 10.0. The number of hydrogen-bond acceptors (Lipinski definition) is 4. The van der Waals surface area contributed by atoms with Gasteiger partial charge in [-0.05, 0) is 55.3 Å². The number of para-hydroxylation sites is 1. The summed E-state index contributed by atoms with van der Waals surface area (Å²) in [5.74, 6) is -0.951. The van der Waals surface area contributed by atoms with Gasteiger partial charge in [0.1, 0.15) is 12.6 Å². The summed E-state index contributed by atoms with van der Waals surface area (Å²) < 4.78 is 29.2. The molecule has 0 heterocycles. The molecule has 2 amide bonds. The van der Waals surface area contributed by atoms with Gasteiger partial charge in [-0.25, -0.2) is 8.42 Å². The van der Waals surface area contributed by atoms with Crippen molar-refractivity contribution >= 4 is 50.7 Å². The van der Waals surface area contributed by atoms with Crippen LogP contribution in [0.3, 0.4) is 0 Å². The van der Waals surface area contributed by atoms with Crippen LogP contribution in [-0.2, 0) is 32.6 Å². The molecule has 7 nitrogen and oxygen atoms in total. The fourth-order valence-electron chi connectivity index (χ4n) is 4.73. The molecule has 1 atom stereocenters. The van der Waals surface area contributed by atoms with Crippen LogP contribution >= 0.6 is 23.2 Å². The number of aryl methyl sites for hydroxylation is 1. The molecule has 0 bridgehead atoms. The van der Waals surface area contributed by atoms with Crippen LogP contribution in [0, 0.1) is 6.92 Å². The first-order valence-electron chi connectivity index (χ1n) is 14.3. The molecule has 0 saturated carbocycles. The van der Waals surface area contributed by atoms with Crippen LogP contribution in [0.25, 0.3) is 0 Å². The SMILES string of the molecule is CCCNC(=O)C(Cc1ccccc1)N(Cc1c(Cl)cccc1Cl)C(=O)CN(c1ccccc1)S(=O)(=O)c1ccc(C)cc1. The second-order valence-corrected chi connectivity index (χ2v) is 13.1. The van der Waals surface area contributed by atoms with Crippen molar-refractivity contribution in [1.82, 2.24) is 10.2 Å². The third-order valence-electron chi connectivity index (χ3n) is 7.14. The van der Waals surface area contributed by atoms with Crippen LogP contribution in [0.5, 0.6) is 0 Å². The van der Waals surface area contributed by atoms with Gasteiger partial charge in [-0.15, -0.1) is 0 Å². The van der Waals surface area contributed by atoms with E-state index in [1.54, 1.807) is 60.7 Å². The van der Waals surface area contributed by atoms with E-state index in [9.17, 15) is 18.0 Å². The lowest BCUT2D eigenvalue weighted by Gasteiger charge is -2.34. The van der Waals surface area contributed by atoms with Crippen LogP contribution < -0.4 is 9.62 Å². The molecule has 4 aromatic rings. The number of benzene rings is 4. The number of nitrogens with zero attached hydrogens (tertiary/aromatic N) is 2. The molecule has 0 aliphatic heterocycles. The molecule has 0 aliphatic carbocycles. The molecule has 230 valence electrons. The molecule has 1 N–H and O–H groups in total. The Morgan fingerprint density at radius 1 is 0.818 bits per heavy atom. The van der Waals surface area contributed by atoms with E-state index < -0.39 is 28.5 Å². The number of nitrogens with one attached hydrogen (secondary N) is 1. The largest absolute Gasteiger partial charge is 0.354 e. The Bertz CT molecular complexity index is 1650. The molecule has 0 aliphatic rings.